The molecule has 0 aliphatic carbocycles. The van der Waals surface area contributed by atoms with Gasteiger partial charge in [0.15, 0.2) is 0 Å². The Hall–Kier alpha value is -2.00. The molecule has 0 spiro atoms. The Morgan fingerprint density at radius 3 is 2.38 bits per heavy atom. The molecule has 0 N–H and O–H groups in total. The summed E-state index contributed by atoms with van der Waals surface area (Å²) >= 11 is 5.94. The Morgan fingerprint density at radius 1 is 1.08 bits per heavy atom. The molecular weight excluding hydrogens is 324 g/mol. The van der Waals surface area contributed by atoms with E-state index in [2.05, 4.69) is 0 Å². The van der Waals surface area contributed by atoms with Crippen LogP contribution >= 0.6 is 11.6 Å². The van der Waals surface area contributed by atoms with Gasteiger partial charge in [0.25, 0.3) is 0 Å². The molecule has 1 atom stereocenters. The number of carbonyl (C=O) groups excluding carboxylic acids is 1. The average Bonchev–Trinajstić information content (AvgIpc) is 2.58. The van der Waals surface area contributed by atoms with Crippen molar-refractivity contribution in [2.24, 2.45) is 0 Å². The Balaban J connectivity index is 2.24. The standard InChI is InChI=1S/C20H23ClO3/c1-4-20(3,19(22)23-5-2)24-18-9-7-6-8-16(18)14-15-10-12-17(21)13-11-15/h6-13H,4-5,14H2,1-3H3. The fourth-order valence-corrected chi connectivity index (χ4v) is 2.48. The summed E-state index contributed by atoms with van der Waals surface area (Å²) in [6.45, 7) is 5.81. The van der Waals surface area contributed by atoms with E-state index < -0.39 is 5.60 Å². The van der Waals surface area contributed by atoms with Crippen LogP contribution in [0.5, 0.6) is 5.75 Å². The fourth-order valence-electron chi connectivity index (χ4n) is 2.36. The molecule has 1 unspecified atom stereocenters. The lowest BCUT2D eigenvalue weighted by atomic mass is 10.0. The quantitative estimate of drug-likeness (QED) is 0.659. The number of benzene rings is 2. The van der Waals surface area contributed by atoms with Crippen molar-refractivity contribution >= 4 is 17.6 Å². The first-order valence-electron chi connectivity index (χ1n) is 8.17. The van der Waals surface area contributed by atoms with Crippen molar-refractivity contribution in [2.45, 2.75) is 39.2 Å². The summed E-state index contributed by atoms with van der Waals surface area (Å²) in [6.07, 6.45) is 1.23. The molecule has 3 nitrogen and oxygen atoms in total. The van der Waals surface area contributed by atoms with E-state index in [1.165, 1.54) is 0 Å². The first-order chi connectivity index (χ1) is 11.5. The van der Waals surface area contributed by atoms with Crippen LogP contribution in [0.1, 0.15) is 38.3 Å². The van der Waals surface area contributed by atoms with Crippen LogP contribution in [-0.2, 0) is 16.0 Å². The first kappa shape index (κ1) is 18.3. The van der Waals surface area contributed by atoms with E-state index in [4.69, 9.17) is 21.1 Å². The van der Waals surface area contributed by atoms with E-state index in [1.807, 2.05) is 55.5 Å². The van der Waals surface area contributed by atoms with Gasteiger partial charge in [0, 0.05) is 11.4 Å². The predicted molar refractivity (Wildman–Crippen MR) is 96.7 cm³/mol. The second-order valence-corrected chi connectivity index (χ2v) is 6.25. The molecule has 2 aromatic rings. The molecule has 2 aromatic carbocycles. The average molecular weight is 347 g/mol. The zero-order chi connectivity index (χ0) is 17.6. The SMILES string of the molecule is CCOC(=O)C(C)(CC)Oc1ccccc1Cc1ccc(Cl)cc1. The van der Waals surface area contributed by atoms with Crippen LogP contribution in [0.15, 0.2) is 48.5 Å². The second-order valence-electron chi connectivity index (χ2n) is 5.82. The molecule has 128 valence electrons. The zero-order valence-corrected chi connectivity index (χ0v) is 15.1. The Morgan fingerprint density at radius 2 is 1.75 bits per heavy atom. The molecule has 0 fully saturated rings. The lowest BCUT2D eigenvalue weighted by molar-refractivity contribution is -0.160. The molecule has 0 amide bonds. The minimum atomic E-state index is -0.994. The van der Waals surface area contributed by atoms with Crippen molar-refractivity contribution in [2.75, 3.05) is 6.61 Å². The maximum atomic E-state index is 12.2. The van der Waals surface area contributed by atoms with Crippen molar-refractivity contribution < 1.29 is 14.3 Å². The first-order valence-corrected chi connectivity index (χ1v) is 8.55. The number of hydrogen-bond acceptors (Lipinski definition) is 3. The summed E-state index contributed by atoms with van der Waals surface area (Å²) in [5, 5.41) is 0.712. The van der Waals surface area contributed by atoms with Gasteiger partial charge in [-0.05, 0) is 49.6 Å². The largest absolute Gasteiger partial charge is 0.476 e. The van der Waals surface area contributed by atoms with Crippen molar-refractivity contribution in [1.29, 1.82) is 0 Å². The Kier molecular flexibility index (Phi) is 6.27. The zero-order valence-electron chi connectivity index (χ0n) is 14.3. The smallest absolute Gasteiger partial charge is 0.350 e. The maximum absolute atomic E-state index is 12.2. The Bertz CT molecular complexity index is 682. The molecule has 0 aromatic heterocycles. The molecule has 0 aliphatic rings. The van der Waals surface area contributed by atoms with E-state index >= 15 is 0 Å². The van der Waals surface area contributed by atoms with E-state index in [1.54, 1.807) is 13.8 Å². The van der Waals surface area contributed by atoms with Crippen molar-refractivity contribution in [3.63, 3.8) is 0 Å². The van der Waals surface area contributed by atoms with Crippen LogP contribution in [0, 0.1) is 0 Å². The third-order valence-corrected chi connectivity index (χ3v) is 4.25. The van der Waals surface area contributed by atoms with Crippen LogP contribution < -0.4 is 4.74 Å². The van der Waals surface area contributed by atoms with Gasteiger partial charge >= 0.3 is 5.97 Å². The highest BCUT2D eigenvalue weighted by atomic mass is 35.5. The molecule has 0 aliphatic heterocycles. The summed E-state index contributed by atoms with van der Waals surface area (Å²) in [5.41, 5.74) is 1.15. The molecule has 0 saturated heterocycles. The topological polar surface area (TPSA) is 35.5 Å². The highest BCUT2D eigenvalue weighted by Crippen LogP contribution is 2.28. The van der Waals surface area contributed by atoms with Gasteiger partial charge < -0.3 is 9.47 Å². The number of ether oxygens (including phenoxy) is 2. The lowest BCUT2D eigenvalue weighted by Gasteiger charge is -2.28. The molecule has 0 bridgehead atoms. The third kappa shape index (κ3) is 4.51. The van der Waals surface area contributed by atoms with Gasteiger partial charge in [0.05, 0.1) is 6.61 Å². The number of halogens is 1. The summed E-state index contributed by atoms with van der Waals surface area (Å²) in [4.78, 5) is 12.2. The molecule has 0 radical (unpaired) electrons. The monoisotopic (exact) mass is 346 g/mol. The van der Waals surface area contributed by atoms with Crippen molar-refractivity contribution in [3.05, 3.63) is 64.7 Å². The molecule has 2 rings (SSSR count). The maximum Gasteiger partial charge on any atom is 0.350 e. The number of rotatable bonds is 7. The van der Waals surface area contributed by atoms with Gasteiger partial charge in [-0.15, -0.1) is 0 Å². The van der Waals surface area contributed by atoms with Crippen LogP contribution in [0.2, 0.25) is 5.02 Å². The highest BCUT2D eigenvalue weighted by Gasteiger charge is 2.35. The number of esters is 1. The lowest BCUT2D eigenvalue weighted by Crippen LogP contribution is -2.42. The number of para-hydroxylation sites is 1. The summed E-state index contributed by atoms with van der Waals surface area (Å²) < 4.78 is 11.3. The van der Waals surface area contributed by atoms with Crippen LogP contribution in [-0.4, -0.2) is 18.2 Å². The summed E-state index contributed by atoms with van der Waals surface area (Å²) in [6, 6.07) is 15.5. The minimum Gasteiger partial charge on any atom is -0.476 e. The van der Waals surface area contributed by atoms with Gasteiger partial charge in [-0.3, -0.25) is 0 Å². The summed E-state index contributed by atoms with van der Waals surface area (Å²) in [5.74, 6) is 0.360. The van der Waals surface area contributed by atoms with Gasteiger partial charge in [0.1, 0.15) is 5.75 Å². The van der Waals surface area contributed by atoms with Crippen LogP contribution in [0.4, 0.5) is 0 Å². The molecule has 24 heavy (non-hydrogen) atoms. The van der Waals surface area contributed by atoms with Gasteiger partial charge in [0.2, 0.25) is 5.60 Å². The summed E-state index contributed by atoms with van der Waals surface area (Å²) in [7, 11) is 0. The van der Waals surface area contributed by atoms with Crippen LogP contribution in [0.3, 0.4) is 0 Å². The molecule has 4 heteroatoms. The van der Waals surface area contributed by atoms with Gasteiger partial charge in [-0.1, -0.05) is 48.9 Å². The van der Waals surface area contributed by atoms with Crippen molar-refractivity contribution in [3.8, 4) is 5.75 Å². The van der Waals surface area contributed by atoms with E-state index in [0.717, 1.165) is 11.1 Å². The van der Waals surface area contributed by atoms with E-state index in [9.17, 15) is 4.79 Å². The molecular formula is C20H23ClO3. The number of hydrogen-bond donors (Lipinski definition) is 0. The molecule has 0 saturated carbocycles. The number of carbonyl (C=O) groups is 1. The second kappa shape index (κ2) is 8.20. The Labute approximate surface area is 148 Å². The van der Waals surface area contributed by atoms with Gasteiger partial charge in [-0.25, -0.2) is 4.79 Å². The third-order valence-electron chi connectivity index (χ3n) is 4.00. The molecule has 0 heterocycles. The fraction of sp³-hybridized carbons (Fsp3) is 0.350. The predicted octanol–water partition coefficient (Wildman–Crippen LogP) is 5.04. The highest BCUT2D eigenvalue weighted by molar-refractivity contribution is 6.30. The minimum absolute atomic E-state index is 0.338. The van der Waals surface area contributed by atoms with E-state index in [0.29, 0.717) is 30.2 Å². The van der Waals surface area contributed by atoms with Crippen LogP contribution in [0.25, 0.3) is 0 Å². The normalized spacial score (nSPS) is 13.2. The van der Waals surface area contributed by atoms with Gasteiger partial charge in [-0.2, -0.15) is 0 Å². The van der Waals surface area contributed by atoms with E-state index in [-0.39, 0.29) is 5.97 Å². The van der Waals surface area contributed by atoms with Crippen molar-refractivity contribution in [1.82, 2.24) is 0 Å².